The first-order valence-electron chi connectivity index (χ1n) is 10.7. The Morgan fingerprint density at radius 1 is 0.500 bits per heavy atom. The van der Waals surface area contributed by atoms with E-state index in [0.717, 1.165) is 24.3 Å². The van der Waals surface area contributed by atoms with Crippen LogP contribution in [0.5, 0.6) is 23.0 Å². The van der Waals surface area contributed by atoms with Crippen LogP contribution in [0.4, 0.5) is 26.3 Å². The lowest BCUT2D eigenvalue weighted by Crippen LogP contribution is -2.28. The Labute approximate surface area is 219 Å². The molecule has 0 heterocycles. The fourth-order valence-corrected chi connectivity index (χ4v) is 4.98. The number of aromatic hydroxyl groups is 2. The van der Waals surface area contributed by atoms with E-state index in [1.807, 2.05) is 0 Å². The molecule has 5 rings (SSSR count). The van der Waals surface area contributed by atoms with Crippen LogP contribution in [0.3, 0.4) is 0 Å². The molecule has 0 atom stereocenters. The summed E-state index contributed by atoms with van der Waals surface area (Å²) in [5.74, 6) is -2.07. The normalized spacial score (nSPS) is 13.3. The number of phenols is 2. The van der Waals surface area contributed by atoms with Crippen LogP contribution in [-0.4, -0.2) is 38.1 Å². The number of fused-ring (bicyclic) bond motifs is 4. The van der Waals surface area contributed by atoms with Gasteiger partial charge in [-0.2, -0.15) is 43.2 Å². The second-order valence-corrected chi connectivity index (χ2v) is 11.6. The van der Waals surface area contributed by atoms with Crippen molar-refractivity contribution in [3.8, 4) is 23.0 Å². The summed E-state index contributed by atoms with van der Waals surface area (Å²) in [6, 6.07) is 11.7. The molecule has 0 spiro atoms. The van der Waals surface area contributed by atoms with Crippen molar-refractivity contribution >= 4 is 63.3 Å². The van der Waals surface area contributed by atoms with Gasteiger partial charge in [0, 0.05) is 21.5 Å². The Balaban J connectivity index is 1.66. The van der Waals surface area contributed by atoms with E-state index < -0.39 is 42.8 Å². The van der Waals surface area contributed by atoms with Gasteiger partial charge in [0.25, 0.3) is 0 Å². The maximum atomic E-state index is 12.7. The summed E-state index contributed by atoms with van der Waals surface area (Å²) in [4.78, 5) is 0. The van der Waals surface area contributed by atoms with Crippen LogP contribution in [-0.2, 0) is 20.2 Å². The van der Waals surface area contributed by atoms with Gasteiger partial charge in [0.1, 0.15) is 23.0 Å². The third-order valence-corrected chi connectivity index (χ3v) is 7.85. The van der Waals surface area contributed by atoms with Crippen LogP contribution in [0.1, 0.15) is 0 Å². The molecule has 0 radical (unpaired) electrons. The number of benzene rings is 5. The monoisotopic (exact) mass is 606 g/mol. The molecule has 0 aliphatic carbocycles. The predicted molar refractivity (Wildman–Crippen MR) is 131 cm³/mol. The molecule has 0 saturated carbocycles. The van der Waals surface area contributed by atoms with Crippen molar-refractivity contribution < 1.29 is 61.8 Å². The Hall–Kier alpha value is -4.18. The van der Waals surface area contributed by atoms with Gasteiger partial charge in [-0.05, 0) is 70.1 Å². The zero-order chi connectivity index (χ0) is 29.4. The summed E-state index contributed by atoms with van der Waals surface area (Å²) in [6.07, 6.45) is 0. The Kier molecular flexibility index (Phi) is 5.93. The highest BCUT2D eigenvalue weighted by atomic mass is 32.2. The maximum absolute atomic E-state index is 12.7. The van der Waals surface area contributed by atoms with Crippen LogP contribution in [0, 0.1) is 0 Å². The second kappa shape index (κ2) is 8.66. The van der Waals surface area contributed by atoms with Crippen molar-refractivity contribution in [2.24, 2.45) is 0 Å². The molecule has 0 aromatic heterocycles. The van der Waals surface area contributed by atoms with Crippen LogP contribution in [0.15, 0.2) is 60.7 Å². The number of rotatable bonds is 4. The largest absolute Gasteiger partial charge is 0.534 e. The van der Waals surface area contributed by atoms with E-state index in [1.54, 1.807) is 0 Å². The van der Waals surface area contributed by atoms with Gasteiger partial charge in [0.05, 0.1) is 0 Å². The molecular formula is C24H12F6O8S2. The Bertz CT molecular complexity index is 1940. The average Bonchev–Trinajstić information content (AvgIpc) is 2.83. The van der Waals surface area contributed by atoms with Gasteiger partial charge in [-0.25, -0.2) is 0 Å². The van der Waals surface area contributed by atoms with Crippen molar-refractivity contribution in [1.82, 2.24) is 0 Å². The van der Waals surface area contributed by atoms with Gasteiger partial charge in [0.15, 0.2) is 0 Å². The first-order valence-corrected chi connectivity index (χ1v) is 13.5. The van der Waals surface area contributed by atoms with E-state index in [9.17, 15) is 53.4 Å². The lowest BCUT2D eigenvalue weighted by molar-refractivity contribution is -0.0504. The molecule has 8 nitrogen and oxygen atoms in total. The molecule has 0 fully saturated rings. The molecule has 5 aromatic carbocycles. The quantitative estimate of drug-likeness (QED) is 0.0818. The van der Waals surface area contributed by atoms with Gasteiger partial charge in [-0.3, -0.25) is 0 Å². The van der Waals surface area contributed by atoms with Crippen LogP contribution < -0.4 is 8.37 Å². The summed E-state index contributed by atoms with van der Waals surface area (Å²) >= 11 is 0. The standard InChI is InChI=1S/C24H12F6O8S2/c25-23(26,27)39(33,34)37-15-3-1-11-7-17-19(9-13(11)5-15)22(32)18-8-12-2-4-16(38-40(35,36)24(28,29)30)6-14(12)10-20(18)21(17)31/h1-10,31-32H. The van der Waals surface area contributed by atoms with Crippen molar-refractivity contribution in [3.63, 3.8) is 0 Å². The van der Waals surface area contributed by atoms with Crippen molar-refractivity contribution in [2.45, 2.75) is 11.0 Å². The summed E-state index contributed by atoms with van der Waals surface area (Å²) in [6.45, 7) is 0. The van der Waals surface area contributed by atoms with Crippen molar-refractivity contribution in [1.29, 1.82) is 0 Å². The minimum atomic E-state index is -5.93. The van der Waals surface area contributed by atoms with E-state index in [2.05, 4.69) is 8.37 Å². The molecule has 0 saturated heterocycles. The van der Waals surface area contributed by atoms with E-state index in [0.29, 0.717) is 10.8 Å². The smallest absolute Gasteiger partial charge is 0.507 e. The first-order chi connectivity index (χ1) is 18.4. The highest BCUT2D eigenvalue weighted by Gasteiger charge is 2.49. The molecule has 40 heavy (non-hydrogen) atoms. The van der Waals surface area contributed by atoms with Crippen molar-refractivity contribution in [3.05, 3.63) is 60.7 Å². The Morgan fingerprint density at radius 2 is 0.800 bits per heavy atom. The van der Waals surface area contributed by atoms with Gasteiger partial charge >= 0.3 is 31.3 Å². The molecule has 0 aliphatic rings. The summed E-state index contributed by atoms with van der Waals surface area (Å²) in [5, 5.41) is 23.1. The van der Waals surface area contributed by atoms with Crippen molar-refractivity contribution in [2.75, 3.05) is 0 Å². The van der Waals surface area contributed by atoms with E-state index >= 15 is 0 Å². The minimum absolute atomic E-state index is 0.0314. The summed E-state index contributed by atoms with van der Waals surface area (Å²) < 4.78 is 130. The molecule has 2 N–H and O–H groups in total. The zero-order valence-corrected chi connectivity index (χ0v) is 20.8. The molecule has 0 unspecified atom stereocenters. The second-order valence-electron chi connectivity index (χ2n) is 8.48. The van der Waals surface area contributed by atoms with Crippen LogP contribution in [0.25, 0.3) is 43.1 Å². The van der Waals surface area contributed by atoms with E-state index in [1.165, 1.54) is 36.4 Å². The van der Waals surface area contributed by atoms with Gasteiger partial charge < -0.3 is 18.6 Å². The fourth-order valence-electron chi connectivity index (χ4n) is 4.08. The molecule has 5 aromatic rings. The highest BCUT2D eigenvalue weighted by molar-refractivity contribution is 7.88. The highest BCUT2D eigenvalue weighted by Crippen LogP contribution is 2.45. The number of halogens is 6. The van der Waals surface area contributed by atoms with Crippen LogP contribution >= 0.6 is 0 Å². The lowest BCUT2D eigenvalue weighted by atomic mass is 9.95. The number of alkyl halides is 6. The lowest BCUT2D eigenvalue weighted by Gasteiger charge is -2.14. The number of hydrogen-bond donors (Lipinski definition) is 2. The fraction of sp³-hybridized carbons (Fsp3) is 0.0833. The molecule has 0 aliphatic heterocycles. The van der Waals surface area contributed by atoms with Crippen LogP contribution in [0.2, 0.25) is 0 Å². The predicted octanol–water partition coefficient (Wildman–Crippen LogP) is 6.17. The van der Waals surface area contributed by atoms with Gasteiger partial charge in [0.2, 0.25) is 0 Å². The summed E-state index contributed by atoms with van der Waals surface area (Å²) in [7, 11) is -11.9. The Morgan fingerprint density at radius 3 is 1.10 bits per heavy atom. The van der Waals surface area contributed by atoms with Gasteiger partial charge in [-0.1, -0.05) is 12.1 Å². The SMILES string of the molecule is O=S(=O)(Oc1ccc2cc3c(O)c4cc5cc(OS(=O)(=O)C(F)(F)F)ccc5cc4c(O)c3cc2c1)C(F)(F)F. The minimum Gasteiger partial charge on any atom is -0.507 e. The zero-order valence-electron chi connectivity index (χ0n) is 19.2. The molecule has 210 valence electrons. The average molecular weight is 606 g/mol. The van der Waals surface area contributed by atoms with E-state index in [4.69, 9.17) is 0 Å². The molecule has 0 bridgehead atoms. The third-order valence-electron chi connectivity index (χ3n) is 5.90. The molecule has 16 heteroatoms. The van der Waals surface area contributed by atoms with Gasteiger partial charge in [-0.15, -0.1) is 0 Å². The molecular weight excluding hydrogens is 594 g/mol. The number of phenolic OH excluding ortho intramolecular Hbond substituents is 2. The van der Waals surface area contributed by atoms with E-state index in [-0.39, 0.29) is 43.8 Å². The summed E-state index contributed by atoms with van der Waals surface area (Å²) in [5.41, 5.74) is -11.3. The topological polar surface area (TPSA) is 127 Å². The third kappa shape index (κ3) is 4.52. The first kappa shape index (κ1) is 27.4. The molecule has 0 amide bonds. The maximum Gasteiger partial charge on any atom is 0.534 e. The number of hydrogen-bond acceptors (Lipinski definition) is 8.